The van der Waals surface area contributed by atoms with E-state index in [0.717, 1.165) is 39.6 Å². The summed E-state index contributed by atoms with van der Waals surface area (Å²) in [5.41, 5.74) is 10.6. The van der Waals surface area contributed by atoms with Crippen molar-refractivity contribution in [3.05, 3.63) is 54.1 Å². The summed E-state index contributed by atoms with van der Waals surface area (Å²) in [5.74, 6) is 1.71. The Bertz CT molecular complexity index is 893. The van der Waals surface area contributed by atoms with E-state index in [4.69, 9.17) is 15.2 Å². The molecule has 5 heteroatoms. The van der Waals surface area contributed by atoms with Crippen molar-refractivity contribution in [2.45, 2.75) is 6.92 Å². The summed E-state index contributed by atoms with van der Waals surface area (Å²) >= 11 is 0. The molecule has 0 spiro atoms. The number of nitrogens with zero attached hydrogens (tertiary/aromatic N) is 2. The first-order valence-electron chi connectivity index (χ1n) is 7.31. The lowest BCUT2D eigenvalue weighted by Crippen LogP contribution is -1.99. The maximum absolute atomic E-state index is 5.92. The molecule has 23 heavy (non-hydrogen) atoms. The SMILES string of the molecule is Cc1ccccc1-c1cc(-c2ccc3c(c2)OCO3)nc(N)n1. The van der Waals surface area contributed by atoms with Crippen LogP contribution in [0.4, 0.5) is 5.95 Å². The van der Waals surface area contributed by atoms with E-state index in [0.29, 0.717) is 0 Å². The molecule has 1 aromatic heterocycles. The van der Waals surface area contributed by atoms with Gasteiger partial charge in [-0.05, 0) is 36.8 Å². The molecule has 2 N–H and O–H groups in total. The van der Waals surface area contributed by atoms with Gasteiger partial charge in [0.15, 0.2) is 11.5 Å². The third-order valence-electron chi connectivity index (χ3n) is 3.83. The Kier molecular flexibility index (Phi) is 3.12. The highest BCUT2D eigenvalue weighted by molar-refractivity contribution is 5.72. The molecule has 114 valence electrons. The first kappa shape index (κ1) is 13.6. The Hall–Kier alpha value is -3.08. The maximum Gasteiger partial charge on any atom is 0.231 e. The molecule has 0 saturated carbocycles. The molecule has 0 amide bonds. The molecule has 0 bridgehead atoms. The highest BCUT2D eigenvalue weighted by Gasteiger charge is 2.15. The molecule has 5 nitrogen and oxygen atoms in total. The molecule has 0 radical (unpaired) electrons. The van der Waals surface area contributed by atoms with Crippen LogP contribution in [0.15, 0.2) is 48.5 Å². The zero-order valence-corrected chi connectivity index (χ0v) is 12.6. The number of aryl methyl sites for hydroxylation is 1. The van der Waals surface area contributed by atoms with E-state index in [9.17, 15) is 0 Å². The Morgan fingerprint density at radius 2 is 1.70 bits per heavy atom. The minimum Gasteiger partial charge on any atom is -0.454 e. The number of fused-ring (bicyclic) bond motifs is 1. The number of benzene rings is 2. The van der Waals surface area contributed by atoms with Gasteiger partial charge in [-0.1, -0.05) is 24.3 Å². The predicted octanol–water partition coefficient (Wildman–Crippen LogP) is 3.43. The Morgan fingerprint density at radius 1 is 0.913 bits per heavy atom. The molecule has 0 fully saturated rings. The molecule has 0 saturated heterocycles. The smallest absolute Gasteiger partial charge is 0.231 e. The van der Waals surface area contributed by atoms with E-state index < -0.39 is 0 Å². The average Bonchev–Trinajstić information content (AvgIpc) is 3.02. The van der Waals surface area contributed by atoms with Gasteiger partial charge in [-0.25, -0.2) is 9.97 Å². The first-order chi connectivity index (χ1) is 11.2. The van der Waals surface area contributed by atoms with Gasteiger partial charge < -0.3 is 15.2 Å². The van der Waals surface area contributed by atoms with Crippen molar-refractivity contribution in [1.82, 2.24) is 9.97 Å². The van der Waals surface area contributed by atoms with Gasteiger partial charge in [-0.2, -0.15) is 0 Å². The van der Waals surface area contributed by atoms with Crippen molar-refractivity contribution >= 4 is 5.95 Å². The number of nitrogens with two attached hydrogens (primary N) is 1. The normalized spacial score (nSPS) is 12.4. The summed E-state index contributed by atoms with van der Waals surface area (Å²) in [6, 6.07) is 15.7. The molecule has 1 aliphatic heterocycles. The third-order valence-corrected chi connectivity index (χ3v) is 3.83. The van der Waals surface area contributed by atoms with Crippen molar-refractivity contribution in [2.75, 3.05) is 12.5 Å². The van der Waals surface area contributed by atoms with Crippen LogP contribution in [0.1, 0.15) is 5.56 Å². The molecule has 2 heterocycles. The lowest BCUT2D eigenvalue weighted by molar-refractivity contribution is 0.174. The minimum absolute atomic E-state index is 0.249. The fourth-order valence-electron chi connectivity index (χ4n) is 2.67. The second-order valence-corrected chi connectivity index (χ2v) is 5.38. The van der Waals surface area contributed by atoms with Crippen molar-refractivity contribution in [1.29, 1.82) is 0 Å². The van der Waals surface area contributed by atoms with E-state index in [1.165, 1.54) is 0 Å². The van der Waals surface area contributed by atoms with Crippen LogP contribution in [0.5, 0.6) is 11.5 Å². The Morgan fingerprint density at radius 3 is 2.57 bits per heavy atom. The molecule has 0 atom stereocenters. The molecular weight excluding hydrogens is 290 g/mol. The predicted molar refractivity (Wildman–Crippen MR) is 88.2 cm³/mol. The van der Waals surface area contributed by atoms with Gasteiger partial charge >= 0.3 is 0 Å². The van der Waals surface area contributed by atoms with E-state index in [2.05, 4.69) is 9.97 Å². The Balaban J connectivity index is 1.83. The quantitative estimate of drug-likeness (QED) is 0.785. The van der Waals surface area contributed by atoms with Crippen molar-refractivity contribution in [3.8, 4) is 34.0 Å². The number of aromatic nitrogens is 2. The van der Waals surface area contributed by atoms with Crippen molar-refractivity contribution in [2.24, 2.45) is 0 Å². The average molecular weight is 305 g/mol. The lowest BCUT2D eigenvalue weighted by atomic mass is 10.0. The molecule has 4 rings (SSSR count). The maximum atomic E-state index is 5.92. The van der Waals surface area contributed by atoms with Gasteiger partial charge in [-0.3, -0.25) is 0 Å². The molecule has 0 aliphatic carbocycles. The first-order valence-corrected chi connectivity index (χ1v) is 7.31. The number of hydrogen-bond donors (Lipinski definition) is 1. The van der Waals surface area contributed by atoms with E-state index in [-0.39, 0.29) is 12.7 Å². The summed E-state index contributed by atoms with van der Waals surface area (Å²) in [6.07, 6.45) is 0. The summed E-state index contributed by atoms with van der Waals surface area (Å²) in [6.45, 7) is 2.30. The van der Waals surface area contributed by atoms with Crippen LogP contribution < -0.4 is 15.2 Å². The van der Waals surface area contributed by atoms with E-state index >= 15 is 0 Å². The third kappa shape index (κ3) is 2.46. The summed E-state index contributed by atoms with van der Waals surface area (Å²) in [7, 11) is 0. The second-order valence-electron chi connectivity index (χ2n) is 5.38. The summed E-state index contributed by atoms with van der Waals surface area (Å²) < 4.78 is 10.8. The standard InChI is InChI=1S/C18H15N3O2/c1-11-4-2-3-5-13(11)15-9-14(20-18(19)21-15)12-6-7-16-17(8-12)23-10-22-16/h2-9H,10H2,1H3,(H2,19,20,21). The number of nitrogen functional groups attached to an aromatic ring is 1. The second kappa shape index (κ2) is 5.28. The number of hydrogen-bond acceptors (Lipinski definition) is 5. The van der Waals surface area contributed by atoms with Gasteiger partial charge in [0.2, 0.25) is 12.7 Å². The highest BCUT2D eigenvalue weighted by atomic mass is 16.7. The van der Waals surface area contributed by atoms with Gasteiger partial charge in [0.25, 0.3) is 0 Å². The fourth-order valence-corrected chi connectivity index (χ4v) is 2.67. The van der Waals surface area contributed by atoms with Crippen LogP contribution in [0, 0.1) is 6.92 Å². The molecule has 3 aromatic rings. The molecule has 2 aromatic carbocycles. The van der Waals surface area contributed by atoms with Crippen molar-refractivity contribution in [3.63, 3.8) is 0 Å². The Labute approximate surface area is 133 Å². The van der Waals surface area contributed by atoms with Crippen LogP contribution in [0.2, 0.25) is 0 Å². The van der Waals surface area contributed by atoms with Crippen molar-refractivity contribution < 1.29 is 9.47 Å². The van der Waals surface area contributed by atoms with Crippen LogP contribution in [-0.2, 0) is 0 Å². The topological polar surface area (TPSA) is 70.3 Å². The van der Waals surface area contributed by atoms with Gasteiger partial charge in [0.05, 0.1) is 11.4 Å². The zero-order valence-electron chi connectivity index (χ0n) is 12.6. The monoisotopic (exact) mass is 305 g/mol. The van der Waals surface area contributed by atoms with Crippen LogP contribution in [0.25, 0.3) is 22.5 Å². The van der Waals surface area contributed by atoms with Gasteiger partial charge in [0.1, 0.15) is 0 Å². The van der Waals surface area contributed by atoms with Crippen LogP contribution in [0.3, 0.4) is 0 Å². The number of ether oxygens (including phenoxy) is 2. The minimum atomic E-state index is 0.249. The van der Waals surface area contributed by atoms with Gasteiger partial charge in [-0.15, -0.1) is 0 Å². The molecular formula is C18H15N3O2. The summed E-state index contributed by atoms with van der Waals surface area (Å²) in [5, 5.41) is 0. The molecule has 1 aliphatic rings. The highest BCUT2D eigenvalue weighted by Crippen LogP contribution is 2.36. The fraction of sp³-hybridized carbons (Fsp3) is 0.111. The largest absolute Gasteiger partial charge is 0.454 e. The lowest BCUT2D eigenvalue weighted by Gasteiger charge is -2.09. The number of anilines is 1. The van der Waals surface area contributed by atoms with Crippen LogP contribution in [-0.4, -0.2) is 16.8 Å². The number of rotatable bonds is 2. The van der Waals surface area contributed by atoms with Crippen LogP contribution >= 0.6 is 0 Å². The van der Waals surface area contributed by atoms with E-state index in [1.54, 1.807) is 0 Å². The van der Waals surface area contributed by atoms with Gasteiger partial charge in [0, 0.05) is 11.1 Å². The van der Waals surface area contributed by atoms with E-state index in [1.807, 2.05) is 55.5 Å². The summed E-state index contributed by atoms with van der Waals surface area (Å²) in [4.78, 5) is 8.73. The zero-order chi connectivity index (χ0) is 15.8. The molecule has 0 unspecified atom stereocenters.